The molecule has 4 heteroatoms. The third-order valence-corrected chi connectivity index (χ3v) is 2.45. The number of nitriles is 1. The van der Waals surface area contributed by atoms with E-state index in [2.05, 4.69) is 4.98 Å². The second-order valence-electron chi connectivity index (χ2n) is 2.24. The Hall–Kier alpha value is -1.21. The highest BCUT2D eigenvalue weighted by Crippen LogP contribution is 2.30. The molecule has 0 N–H and O–H groups in total. The van der Waals surface area contributed by atoms with Crippen LogP contribution in [0.4, 0.5) is 0 Å². The van der Waals surface area contributed by atoms with Gasteiger partial charge in [0.05, 0.1) is 12.0 Å². The van der Waals surface area contributed by atoms with Gasteiger partial charge in [0.2, 0.25) is 0 Å². The lowest BCUT2D eigenvalue weighted by Gasteiger charge is -2.06. The summed E-state index contributed by atoms with van der Waals surface area (Å²) in [4.78, 5) is 4.79. The largest absolute Gasteiger partial charge is 0.495 e. The molecule has 1 heterocycles. The van der Waals surface area contributed by atoms with Crippen molar-refractivity contribution in [3.63, 3.8) is 0 Å². The van der Waals surface area contributed by atoms with Crippen LogP contribution in [-0.4, -0.2) is 17.8 Å². The third-order valence-electron chi connectivity index (χ3n) is 1.48. The number of methoxy groups -OCH3 is 1. The molecule has 1 rings (SSSR count). The number of ether oxygens (including phenoxy) is 1. The topological polar surface area (TPSA) is 45.9 Å². The molecule has 0 radical (unpaired) electrons. The van der Waals surface area contributed by atoms with Crippen molar-refractivity contribution in [3.05, 3.63) is 18.0 Å². The second kappa shape index (κ2) is 4.73. The molecule has 0 amide bonds. The first-order valence-corrected chi connectivity index (χ1v) is 4.88. The first-order chi connectivity index (χ1) is 6.33. The van der Waals surface area contributed by atoms with Crippen molar-refractivity contribution < 1.29 is 4.74 Å². The summed E-state index contributed by atoms with van der Waals surface area (Å²) in [6.45, 7) is 2.03. The van der Waals surface area contributed by atoms with E-state index in [9.17, 15) is 0 Å². The summed E-state index contributed by atoms with van der Waals surface area (Å²) >= 11 is 1.57. The summed E-state index contributed by atoms with van der Waals surface area (Å²) in [6.07, 6.45) is 1.58. The molecular weight excluding hydrogens is 184 g/mol. The zero-order valence-corrected chi connectivity index (χ0v) is 8.39. The van der Waals surface area contributed by atoms with Crippen LogP contribution in [0.1, 0.15) is 12.6 Å². The summed E-state index contributed by atoms with van der Waals surface area (Å²) in [7, 11) is 1.59. The monoisotopic (exact) mass is 194 g/mol. The molecule has 13 heavy (non-hydrogen) atoms. The molecule has 0 atom stereocenters. The fraction of sp³-hybridized carbons (Fsp3) is 0.333. The molecule has 0 saturated heterocycles. The predicted molar refractivity (Wildman–Crippen MR) is 51.9 cm³/mol. The quantitative estimate of drug-likeness (QED) is 0.691. The van der Waals surface area contributed by atoms with Crippen LogP contribution in [0, 0.1) is 11.3 Å². The maximum Gasteiger partial charge on any atom is 0.157 e. The van der Waals surface area contributed by atoms with Gasteiger partial charge in [-0.25, -0.2) is 4.98 Å². The molecule has 68 valence electrons. The van der Waals surface area contributed by atoms with Crippen LogP contribution >= 0.6 is 11.8 Å². The van der Waals surface area contributed by atoms with Crippen LogP contribution in [0.15, 0.2) is 17.2 Å². The normalized spacial score (nSPS) is 9.31. The summed E-state index contributed by atoms with van der Waals surface area (Å²) in [5.41, 5.74) is 0.436. The first-order valence-electron chi connectivity index (χ1n) is 3.89. The van der Waals surface area contributed by atoms with E-state index in [1.807, 2.05) is 13.0 Å². The van der Waals surface area contributed by atoms with Crippen LogP contribution < -0.4 is 4.74 Å². The van der Waals surface area contributed by atoms with Gasteiger partial charge in [-0.2, -0.15) is 5.26 Å². The smallest absolute Gasteiger partial charge is 0.157 e. The van der Waals surface area contributed by atoms with Crippen molar-refractivity contribution in [1.82, 2.24) is 4.98 Å². The molecular formula is C9H10N2OS. The fourth-order valence-corrected chi connectivity index (χ4v) is 1.77. The Morgan fingerprint density at radius 3 is 3.00 bits per heavy atom. The molecule has 0 unspecified atom stereocenters. The van der Waals surface area contributed by atoms with Crippen molar-refractivity contribution >= 4 is 11.8 Å². The predicted octanol–water partition coefficient (Wildman–Crippen LogP) is 2.07. The highest BCUT2D eigenvalue weighted by molar-refractivity contribution is 7.99. The average molecular weight is 194 g/mol. The van der Waals surface area contributed by atoms with Gasteiger partial charge < -0.3 is 4.74 Å². The van der Waals surface area contributed by atoms with Gasteiger partial charge in [-0.3, -0.25) is 0 Å². The Kier molecular flexibility index (Phi) is 3.59. The van der Waals surface area contributed by atoms with E-state index in [-0.39, 0.29) is 0 Å². The van der Waals surface area contributed by atoms with E-state index in [0.29, 0.717) is 5.69 Å². The van der Waals surface area contributed by atoms with E-state index < -0.39 is 0 Å². The summed E-state index contributed by atoms with van der Waals surface area (Å²) in [5, 5.41) is 8.78. The SMILES string of the molecule is CCSc1c(OC)ccnc1C#N. The van der Waals surface area contributed by atoms with E-state index in [1.165, 1.54) is 0 Å². The maximum atomic E-state index is 8.78. The summed E-state index contributed by atoms with van der Waals surface area (Å²) in [6, 6.07) is 3.81. The fourth-order valence-electron chi connectivity index (χ4n) is 0.955. The van der Waals surface area contributed by atoms with Gasteiger partial charge in [0, 0.05) is 6.20 Å². The Morgan fingerprint density at radius 2 is 2.46 bits per heavy atom. The standard InChI is InChI=1S/C9H10N2OS/c1-3-13-9-7(6-10)11-5-4-8(9)12-2/h4-5H,3H2,1-2H3. The second-order valence-corrected chi connectivity index (χ2v) is 3.51. The van der Waals surface area contributed by atoms with Crippen LogP contribution in [0.5, 0.6) is 5.75 Å². The number of aromatic nitrogens is 1. The minimum Gasteiger partial charge on any atom is -0.495 e. The lowest BCUT2D eigenvalue weighted by molar-refractivity contribution is 0.403. The summed E-state index contributed by atoms with van der Waals surface area (Å²) < 4.78 is 5.13. The minimum absolute atomic E-state index is 0.436. The van der Waals surface area contributed by atoms with Gasteiger partial charge in [-0.1, -0.05) is 6.92 Å². The lowest BCUT2D eigenvalue weighted by atomic mass is 10.3. The van der Waals surface area contributed by atoms with Crippen molar-refractivity contribution in [2.24, 2.45) is 0 Å². The maximum absolute atomic E-state index is 8.78. The number of thioether (sulfide) groups is 1. The van der Waals surface area contributed by atoms with Gasteiger partial charge in [0.15, 0.2) is 5.69 Å². The number of nitrogens with zero attached hydrogens (tertiary/aromatic N) is 2. The molecule has 0 aliphatic heterocycles. The van der Waals surface area contributed by atoms with E-state index >= 15 is 0 Å². The number of hydrogen-bond acceptors (Lipinski definition) is 4. The molecule has 0 saturated carbocycles. The van der Waals surface area contributed by atoms with E-state index in [1.54, 1.807) is 31.1 Å². The average Bonchev–Trinajstić information content (AvgIpc) is 2.18. The third kappa shape index (κ3) is 2.13. The molecule has 1 aromatic heterocycles. The summed E-state index contributed by atoms with van der Waals surface area (Å²) in [5.74, 6) is 1.62. The van der Waals surface area contributed by atoms with Crippen molar-refractivity contribution in [3.8, 4) is 11.8 Å². The minimum atomic E-state index is 0.436. The first kappa shape index (κ1) is 9.87. The molecule has 0 aromatic carbocycles. The Balaban J connectivity index is 3.15. The van der Waals surface area contributed by atoms with Gasteiger partial charge in [-0.05, 0) is 11.8 Å². The van der Waals surface area contributed by atoms with Crippen molar-refractivity contribution in [2.45, 2.75) is 11.8 Å². The van der Waals surface area contributed by atoms with Gasteiger partial charge in [0.1, 0.15) is 11.8 Å². The Bertz CT molecular complexity index is 333. The van der Waals surface area contributed by atoms with Gasteiger partial charge >= 0.3 is 0 Å². The molecule has 1 aromatic rings. The highest BCUT2D eigenvalue weighted by Gasteiger charge is 2.09. The zero-order chi connectivity index (χ0) is 9.68. The molecule has 0 aliphatic rings. The number of rotatable bonds is 3. The molecule has 0 bridgehead atoms. The van der Waals surface area contributed by atoms with Gasteiger partial charge in [-0.15, -0.1) is 11.8 Å². The lowest BCUT2D eigenvalue weighted by Crippen LogP contribution is -1.92. The van der Waals surface area contributed by atoms with E-state index in [4.69, 9.17) is 10.00 Å². The number of hydrogen-bond donors (Lipinski definition) is 0. The van der Waals surface area contributed by atoms with Crippen LogP contribution in [0.2, 0.25) is 0 Å². The van der Waals surface area contributed by atoms with Crippen LogP contribution in [0.25, 0.3) is 0 Å². The molecule has 3 nitrogen and oxygen atoms in total. The van der Waals surface area contributed by atoms with Crippen molar-refractivity contribution in [1.29, 1.82) is 5.26 Å². The Labute approximate surface area is 81.7 Å². The molecule has 0 aliphatic carbocycles. The van der Waals surface area contributed by atoms with Crippen LogP contribution in [0.3, 0.4) is 0 Å². The van der Waals surface area contributed by atoms with Crippen molar-refractivity contribution in [2.75, 3.05) is 12.9 Å². The Morgan fingerprint density at radius 1 is 1.69 bits per heavy atom. The molecule has 0 fully saturated rings. The van der Waals surface area contributed by atoms with Gasteiger partial charge in [0.25, 0.3) is 0 Å². The highest BCUT2D eigenvalue weighted by atomic mass is 32.2. The zero-order valence-electron chi connectivity index (χ0n) is 7.57. The number of pyridine rings is 1. The van der Waals surface area contributed by atoms with E-state index in [0.717, 1.165) is 16.4 Å². The molecule has 0 spiro atoms. The van der Waals surface area contributed by atoms with Crippen LogP contribution in [-0.2, 0) is 0 Å².